The lowest BCUT2D eigenvalue weighted by atomic mass is 10.0. The Kier molecular flexibility index (Phi) is 4.15. The Morgan fingerprint density at radius 3 is 2.39 bits per heavy atom. The smallest absolute Gasteiger partial charge is 0.171 e. The van der Waals surface area contributed by atoms with E-state index in [2.05, 4.69) is 53.4 Å². The second-order valence-corrected chi connectivity index (χ2v) is 4.80. The van der Waals surface area contributed by atoms with Crippen LogP contribution in [0.3, 0.4) is 0 Å². The highest BCUT2D eigenvalue weighted by atomic mass is 35.5. The Morgan fingerprint density at radius 2 is 1.78 bits per heavy atom. The van der Waals surface area contributed by atoms with Gasteiger partial charge in [-0.15, -0.1) is 0 Å². The molecule has 1 aromatic heterocycles. The molecule has 0 aliphatic heterocycles. The van der Waals surface area contributed by atoms with Gasteiger partial charge in [-0.25, -0.2) is 9.97 Å². The van der Waals surface area contributed by atoms with E-state index < -0.39 is 0 Å². The predicted molar refractivity (Wildman–Crippen MR) is 74.9 cm³/mol. The molecule has 0 spiro atoms. The molecule has 18 heavy (non-hydrogen) atoms. The van der Waals surface area contributed by atoms with Crippen molar-refractivity contribution in [2.75, 3.05) is 5.32 Å². The molecule has 2 aromatic rings. The standard InChI is InChI=1S/C14H16ClN3/c1-10(2)12-5-3-11(4-6-12)9-18-14-13(15)16-7-8-17-14/h3-8,10H,9H2,1-2H3,(H,17,18). The maximum absolute atomic E-state index is 5.92. The molecular weight excluding hydrogens is 246 g/mol. The van der Waals surface area contributed by atoms with E-state index in [1.54, 1.807) is 12.4 Å². The average molecular weight is 262 g/mol. The van der Waals surface area contributed by atoms with E-state index in [1.807, 2.05) is 0 Å². The van der Waals surface area contributed by atoms with Gasteiger partial charge < -0.3 is 5.32 Å². The van der Waals surface area contributed by atoms with Crippen LogP contribution in [0.1, 0.15) is 30.9 Å². The van der Waals surface area contributed by atoms with Crippen LogP contribution in [0.15, 0.2) is 36.7 Å². The van der Waals surface area contributed by atoms with Crippen LogP contribution in [-0.2, 0) is 6.54 Å². The molecule has 94 valence electrons. The van der Waals surface area contributed by atoms with Gasteiger partial charge >= 0.3 is 0 Å². The zero-order chi connectivity index (χ0) is 13.0. The molecule has 0 atom stereocenters. The number of nitrogens with one attached hydrogen (secondary N) is 1. The van der Waals surface area contributed by atoms with E-state index in [1.165, 1.54) is 11.1 Å². The van der Waals surface area contributed by atoms with Crippen molar-refractivity contribution in [1.82, 2.24) is 9.97 Å². The molecule has 0 aliphatic carbocycles. The number of hydrogen-bond donors (Lipinski definition) is 1. The molecule has 0 fully saturated rings. The first-order valence-electron chi connectivity index (χ1n) is 5.96. The molecule has 0 radical (unpaired) electrons. The largest absolute Gasteiger partial charge is 0.363 e. The van der Waals surface area contributed by atoms with Gasteiger partial charge in [0.05, 0.1) is 0 Å². The fourth-order valence-corrected chi connectivity index (χ4v) is 1.82. The summed E-state index contributed by atoms with van der Waals surface area (Å²) in [5, 5.41) is 3.57. The van der Waals surface area contributed by atoms with E-state index >= 15 is 0 Å². The average Bonchev–Trinajstić information content (AvgIpc) is 2.38. The summed E-state index contributed by atoms with van der Waals surface area (Å²) >= 11 is 5.92. The zero-order valence-corrected chi connectivity index (χ0v) is 11.3. The van der Waals surface area contributed by atoms with Crippen LogP contribution in [0.4, 0.5) is 5.82 Å². The van der Waals surface area contributed by atoms with Gasteiger partial charge in [0.25, 0.3) is 0 Å². The topological polar surface area (TPSA) is 37.8 Å². The van der Waals surface area contributed by atoms with Crippen molar-refractivity contribution in [2.45, 2.75) is 26.3 Å². The summed E-state index contributed by atoms with van der Waals surface area (Å²) in [7, 11) is 0. The summed E-state index contributed by atoms with van der Waals surface area (Å²) in [6.45, 7) is 5.07. The first-order valence-corrected chi connectivity index (χ1v) is 6.34. The van der Waals surface area contributed by atoms with Crippen LogP contribution in [0.5, 0.6) is 0 Å². The number of nitrogens with zero attached hydrogens (tertiary/aromatic N) is 2. The molecule has 1 aromatic carbocycles. The Hall–Kier alpha value is -1.61. The van der Waals surface area contributed by atoms with Crippen LogP contribution in [0.2, 0.25) is 5.15 Å². The highest BCUT2D eigenvalue weighted by Crippen LogP contribution is 2.17. The number of halogens is 1. The third-order valence-electron chi connectivity index (χ3n) is 2.76. The van der Waals surface area contributed by atoms with Crippen molar-refractivity contribution in [3.63, 3.8) is 0 Å². The number of hydrogen-bond acceptors (Lipinski definition) is 3. The van der Waals surface area contributed by atoms with E-state index in [9.17, 15) is 0 Å². The van der Waals surface area contributed by atoms with Gasteiger partial charge in [-0.1, -0.05) is 49.7 Å². The Bertz CT molecular complexity index is 509. The van der Waals surface area contributed by atoms with Gasteiger partial charge in [0.1, 0.15) is 0 Å². The van der Waals surface area contributed by atoms with Gasteiger partial charge in [0.2, 0.25) is 0 Å². The number of benzene rings is 1. The van der Waals surface area contributed by atoms with Gasteiger partial charge in [-0.2, -0.15) is 0 Å². The van der Waals surface area contributed by atoms with Crippen LogP contribution in [0, 0.1) is 0 Å². The molecule has 1 N–H and O–H groups in total. The summed E-state index contributed by atoms with van der Waals surface area (Å²) in [4.78, 5) is 8.10. The minimum Gasteiger partial charge on any atom is -0.363 e. The minimum absolute atomic E-state index is 0.399. The Balaban J connectivity index is 2.00. The molecule has 2 rings (SSSR count). The van der Waals surface area contributed by atoms with Crippen molar-refractivity contribution in [2.24, 2.45) is 0 Å². The predicted octanol–water partition coefficient (Wildman–Crippen LogP) is 3.87. The zero-order valence-electron chi connectivity index (χ0n) is 10.5. The first-order chi connectivity index (χ1) is 8.66. The van der Waals surface area contributed by atoms with Crippen molar-refractivity contribution in [3.8, 4) is 0 Å². The SMILES string of the molecule is CC(C)c1ccc(CNc2nccnc2Cl)cc1. The molecule has 1 heterocycles. The number of rotatable bonds is 4. The maximum atomic E-state index is 5.92. The van der Waals surface area contributed by atoms with Crippen molar-refractivity contribution >= 4 is 17.4 Å². The third kappa shape index (κ3) is 3.20. The number of aromatic nitrogens is 2. The lowest BCUT2D eigenvalue weighted by Gasteiger charge is -2.08. The summed E-state index contributed by atoms with van der Waals surface area (Å²) in [5.41, 5.74) is 2.54. The normalized spacial score (nSPS) is 10.7. The van der Waals surface area contributed by atoms with Crippen LogP contribution >= 0.6 is 11.6 Å². The second-order valence-electron chi connectivity index (χ2n) is 4.45. The molecule has 4 heteroatoms. The molecule has 0 bridgehead atoms. The molecular formula is C14H16ClN3. The lowest BCUT2D eigenvalue weighted by Crippen LogP contribution is -2.02. The molecule has 0 aliphatic rings. The summed E-state index contributed by atoms with van der Waals surface area (Å²) in [6, 6.07) is 8.54. The van der Waals surface area contributed by atoms with Crippen molar-refractivity contribution in [3.05, 3.63) is 52.9 Å². The highest BCUT2D eigenvalue weighted by molar-refractivity contribution is 6.31. The van der Waals surface area contributed by atoms with Gasteiger partial charge in [0.15, 0.2) is 11.0 Å². The summed E-state index contributed by atoms with van der Waals surface area (Å²) in [5.74, 6) is 1.17. The quantitative estimate of drug-likeness (QED) is 0.908. The van der Waals surface area contributed by atoms with Crippen molar-refractivity contribution in [1.29, 1.82) is 0 Å². The molecule has 3 nitrogen and oxygen atoms in total. The maximum Gasteiger partial charge on any atom is 0.171 e. The second kappa shape index (κ2) is 5.83. The third-order valence-corrected chi connectivity index (χ3v) is 3.04. The van der Waals surface area contributed by atoms with E-state index in [0.717, 1.165) is 0 Å². The monoisotopic (exact) mass is 261 g/mol. The van der Waals surface area contributed by atoms with E-state index in [4.69, 9.17) is 11.6 Å². The van der Waals surface area contributed by atoms with E-state index in [0.29, 0.717) is 23.4 Å². The Morgan fingerprint density at radius 1 is 1.11 bits per heavy atom. The van der Waals surface area contributed by atoms with Gasteiger partial charge in [-0.3, -0.25) is 0 Å². The fraction of sp³-hybridized carbons (Fsp3) is 0.286. The lowest BCUT2D eigenvalue weighted by molar-refractivity contribution is 0.865. The Labute approximate surface area is 112 Å². The molecule has 0 unspecified atom stereocenters. The van der Waals surface area contributed by atoms with Crippen molar-refractivity contribution < 1.29 is 0 Å². The number of anilines is 1. The molecule has 0 saturated heterocycles. The van der Waals surface area contributed by atoms with Crippen LogP contribution in [-0.4, -0.2) is 9.97 Å². The summed E-state index contributed by atoms with van der Waals surface area (Å²) in [6.07, 6.45) is 3.20. The van der Waals surface area contributed by atoms with E-state index in [-0.39, 0.29) is 0 Å². The fourth-order valence-electron chi connectivity index (χ4n) is 1.65. The minimum atomic E-state index is 0.399. The highest BCUT2D eigenvalue weighted by Gasteiger charge is 2.02. The molecule has 0 saturated carbocycles. The summed E-state index contributed by atoms with van der Waals surface area (Å²) < 4.78 is 0. The van der Waals surface area contributed by atoms with Gasteiger partial charge in [-0.05, 0) is 17.0 Å². The van der Waals surface area contributed by atoms with Crippen LogP contribution < -0.4 is 5.32 Å². The first kappa shape index (κ1) is 12.8. The molecule has 0 amide bonds. The van der Waals surface area contributed by atoms with Crippen LogP contribution in [0.25, 0.3) is 0 Å². The van der Waals surface area contributed by atoms with Gasteiger partial charge in [0, 0.05) is 18.9 Å².